The average Bonchev–Trinajstić information content (AvgIpc) is 2.47. The van der Waals surface area contributed by atoms with Gasteiger partial charge in [-0.2, -0.15) is 0 Å². The van der Waals surface area contributed by atoms with Gasteiger partial charge in [0, 0.05) is 6.04 Å². The highest BCUT2D eigenvalue weighted by atomic mass is 79.9. The number of hydrogen-bond acceptors (Lipinski definition) is 2. The maximum atomic E-state index is 5.39. The molecule has 1 aromatic heterocycles. The summed E-state index contributed by atoms with van der Waals surface area (Å²) in [6.45, 7) is 7.49. The van der Waals surface area contributed by atoms with Gasteiger partial charge in [0.05, 0.1) is 6.54 Å². The second kappa shape index (κ2) is 5.56. The Labute approximate surface area is 94.2 Å². The van der Waals surface area contributed by atoms with Crippen molar-refractivity contribution in [2.24, 2.45) is 5.92 Å². The summed E-state index contributed by atoms with van der Waals surface area (Å²) in [6, 6.07) is 4.45. The second-order valence-electron chi connectivity index (χ2n) is 4.12. The molecule has 1 atom stereocenters. The summed E-state index contributed by atoms with van der Waals surface area (Å²) in [5, 5.41) is 3.43. The van der Waals surface area contributed by atoms with Crippen molar-refractivity contribution in [2.45, 2.75) is 39.8 Å². The highest BCUT2D eigenvalue weighted by Gasteiger charge is 2.05. The van der Waals surface area contributed by atoms with Gasteiger partial charge >= 0.3 is 0 Å². The Bertz CT molecular complexity index is 270. The summed E-state index contributed by atoms with van der Waals surface area (Å²) in [7, 11) is 0. The lowest BCUT2D eigenvalue weighted by Gasteiger charge is -2.14. The monoisotopic (exact) mass is 259 g/mol. The van der Waals surface area contributed by atoms with Crippen LogP contribution in [0.5, 0.6) is 0 Å². The zero-order chi connectivity index (χ0) is 10.6. The van der Waals surface area contributed by atoms with E-state index in [9.17, 15) is 0 Å². The molecule has 0 spiro atoms. The molecule has 3 heteroatoms. The fraction of sp³-hybridized carbons (Fsp3) is 0.636. The quantitative estimate of drug-likeness (QED) is 0.875. The molecular weight excluding hydrogens is 242 g/mol. The Kier molecular flexibility index (Phi) is 4.69. The molecule has 0 aliphatic heterocycles. The molecule has 0 saturated carbocycles. The van der Waals surface area contributed by atoms with Gasteiger partial charge < -0.3 is 9.73 Å². The predicted octanol–water partition coefficient (Wildman–Crippen LogP) is 3.57. The number of hydrogen-bond donors (Lipinski definition) is 1. The fourth-order valence-corrected chi connectivity index (χ4v) is 1.85. The zero-order valence-electron chi connectivity index (χ0n) is 9.01. The van der Waals surface area contributed by atoms with Crippen LogP contribution < -0.4 is 5.32 Å². The summed E-state index contributed by atoms with van der Waals surface area (Å²) in [5.74, 6) is 1.72. The lowest BCUT2D eigenvalue weighted by atomic mass is 10.1. The van der Waals surface area contributed by atoms with E-state index in [1.165, 1.54) is 6.42 Å². The lowest BCUT2D eigenvalue weighted by molar-refractivity contribution is 0.405. The van der Waals surface area contributed by atoms with E-state index in [-0.39, 0.29) is 0 Å². The van der Waals surface area contributed by atoms with Crippen molar-refractivity contribution >= 4 is 15.9 Å². The normalized spacial score (nSPS) is 13.5. The minimum atomic E-state index is 0.541. The van der Waals surface area contributed by atoms with Crippen molar-refractivity contribution in [2.75, 3.05) is 0 Å². The largest absolute Gasteiger partial charge is 0.453 e. The molecule has 80 valence electrons. The molecule has 14 heavy (non-hydrogen) atoms. The van der Waals surface area contributed by atoms with E-state index < -0.39 is 0 Å². The van der Waals surface area contributed by atoms with E-state index in [1.807, 2.05) is 12.1 Å². The Hall–Kier alpha value is -0.280. The minimum absolute atomic E-state index is 0.541. The first-order valence-corrected chi connectivity index (χ1v) is 5.85. The average molecular weight is 260 g/mol. The van der Waals surface area contributed by atoms with Crippen LogP contribution in [0.3, 0.4) is 0 Å². The molecule has 0 bridgehead atoms. The zero-order valence-corrected chi connectivity index (χ0v) is 10.6. The van der Waals surface area contributed by atoms with E-state index >= 15 is 0 Å². The molecular formula is C11H18BrNO. The van der Waals surface area contributed by atoms with Gasteiger partial charge in [0.1, 0.15) is 5.76 Å². The van der Waals surface area contributed by atoms with E-state index in [4.69, 9.17) is 4.42 Å². The van der Waals surface area contributed by atoms with Gasteiger partial charge in [-0.1, -0.05) is 13.8 Å². The summed E-state index contributed by atoms with van der Waals surface area (Å²) < 4.78 is 6.19. The Morgan fingerprint density at radius 3 is 2.57 bits per heavy atom. The SMILES string of the molecule is CC(C)CC(C)NCc1ccc(Br)o1. The Morgan fingerprint density at radius 2 is 2.07 bits per heavy atom. The Morgan fingerprint density at radius 1 is 1.36 bits per heavy atom. The van der Waals surface area contributed by atoms with Crippen LogP contribution in [0.2, 0.25) is 0 Å². The molecule has 1 unspecified atom stereocenters. The van der Waals surface area contributed by atoms with Crippen LogP contribution in [0, 0.1) is 5.92 Å². The Balaban J connectivity index is 2.26. The van der Waals surface area contributed by atoms with Gasteiger partial charge in [0.15, 0.2) is 4.67 Å². The third-order valence-corrected chi connectivity index (χ3v) is 2.50. The third-order valence-electron chi connectivity index (χ3n) is 2.08. The van der Waals surface area contributed by atoms with Crippen molar-refractivity contribution in [3.8, 4) is 0 Å². The molecule has 1 heterocycles. The van der Waals surface area contributed by atoms with E-state index in [1.54, 1.807) is 0 Å². The lowest BCUT2D eigenvalue weighted by Crippen LogP contribution is -2.26. The molecule has 0 saturated heterocycles. The highest BCUT2D eigenvalue weighted by molar-refractivity contribution is 9.10. The first-order chi connectivity index (χ1) is 6.58. The van der Waals surface area contributed by atoms with Gasteiger partial charge in [-0.3, -0.25) is 0 Å². The minimum Gasteiger partial charge on any atom is -0.453 e. The van der Waals surface area contributed by atoms with Crippen LogP contribution in [0.15, 0.2) is 21.2 Å². The van der Waals surface area contributed by atoms with Gasteiger partial charge in [0.2, 0.25) is 0 Å². The molecule has 0 fully saturated rings. The predicted molar refractivity (Wildman–Crippen MR) is 62.2 cm³/mol. The fourth-order valence-electron chi connectivity index (χ4n) is 1.51. The van der Waals surface area contributed by atoms with Crippen molar-refractivity contribution < 1.29 is 4.42 Å². The number of halogens is 1. The molecule has 0 aliphatic carbocycles. The van der Waals surface area contributed by atoms with Crippen molar-refractivity contribution in [1.29, 1.82) is 0 Å². The van der Waals surface area contributed by atoms with Crippen LogP contribution in [0.4, 0.5) is 0 Å². The second-order valence-corrected chi connectivity index (χ2v) is 4.90. The van der Waals surface area contributed by atoms with Crippen molar-refractivity contribution in [1.82, 2.24) is 5.32 Å². The van der Waals surface area contributed by atoms with Crippen LogP contribution in [-0.2, 0) is 6.54 Å². The molecule has 0 amide bonds. The topological polar surface area (TPSA) is 25.2 Å². The van der Waals surface area contributed by atoms with Crippen LogP contribution >= 0.6 is 15.9 Å². The number of nitrogens with one attached hydrogen (secondary N) is 1. The number of rotatable bonds is 5. The molecule has 0 radical (unpaired) electrons. The summed E-state index contributed by atoms with van der Waals surface area (Å²) >= 11 is 3.29. The van der Waals surface area contributed by atoms with Crippen LogP contribution in [0.25, 0.3) is 0 Å². The standard InChI is InChI=1S/C11H18BrNO/c1-8(2)6-9(3)13-7-10-4-5-11(12)14-10/h4-5,8-9,13H,6-7H2,1-3H3. The van der Waals surface area contributed by atoms with Crippen LogP contribution in [-0.4, -0.2) is 6.04 Å². The van der Waals surface area contributed by atoms with E-state index in [2.05, 4.69) is 42.0 Å². The molecule has 0 aliphatic rings. The van der Waals surface area contributed by atoms with Gasteiger partial charge in [-0.25, -0.2) is 0 Å². The smallest absolute Gasteiger partial charge is 0.169 e. The molecule has 1 N–H and O–H groups in total. The van der Waals surface area contributed by atoms with Gasteiger partial charge in [-0.05, 0) is 47.3 Å². The molecule has 1 aromatic rings. The first kappa shape index (κ1) is 11.8. The maximum Gasteiger partial charge on any atom is 0.169 e. The van der Waals surface area contributed by atoms with Crippen molar-refractivity contribution in [3.05, 3.63) is 22.6 Å². The molecule has 0 aromatic carbocycles. The summed E-state index contributed by atoms with van der Waals surface area (Å²) in [6.07, 6.45) is 1.20. The van der Waals surface area contributed by atoms with Crippen molar-refractivity contribution in [3.63, 3.8) is 0 Å². The first-order valence-electron chi connectivity index (χ1n) is 5.05. The number of furan rings is 1. The van der Waals surface area contributed by atoms with E-state index in [0.29, 0.717) is 6.04 Å². The third kappa shape index (κ3) is 4.29. The summed E-state index contributed by atoms with van der Waals surface area (Å²) in [5.41, 5.74) is 0. The highest BCUT2D eigenvalue weighted by Crippen LogP contribution is 2.14. The van der Waals surface area contributed by atoms with Crippen LogP contribution in [0.1, 0.15) is 33.0 Å². The maximum absolute atomic E-state index is 5.39. The van der Waals surface area contributed by atoms with Gasteiger partial charge in [0.25, 0.3) is 0 Å². The summed E-state index contributed by atoms with van der Waals surface area (Å²) in [4.78, 5) is 0. The molecule has 2 nitrogen and oxygen atoms in total. The van der Waals surface area contributed by atoms with E-state index in [0.717, 1.165) is 22.9 Å². The molecule has 1 rings (SSSR count). The van der Waals surface area contributed by atoms with Gasteiger partial charge in [-0.15, -0.1) is 0 Å².